The lowest BCUT2D eigenvalue weighted by molar-refractivity contribution is 0.0206. The summed E-state index contributed by atoms with van der Waals surface area (Å²) in [6.45, 7) is 10.0. The van der Waals surface area contributed by atoms with Crippen molar-refractivity contribution in [3.8, 4) is 17.1 Å². The zero-order valence-corrected chi connectivity index (χ0v) is 21.6. The summed E-state index contributed by atoms with van der Waals surface area (Å²) < 4.78 is 42.1. The molecular weight excluding hydrogens is 482 g/mol. The van der Waals surface area contributed by atoms with Crippen molar-refractivity contribution in [2.75, 3.05) is 25.5 Å². The number of ether oxygens (including phenoxy) is 2. The second-order valence-corrected chi connectivity index (χ2v) is 9.96. The standard InChI is InChI=1S/C26H32F2N6O3/c1-6-7-10-19-21(36-5)13-22-29-14-20(34(22)32-19)23-17(27)12-18(28)24(31-23)30-16-9-8-11-33(15-16)25(35)37-26(2,3)4/h6,12-14,16H,1,7-11,15H2,2-5H3,(H,30,31). The van der Waals surface area contributed by atoms with Crippen LogP contribution in [0.5, 0.6) is 5.75 Å². The number of imidazole rings is 1. The molecule has 3 aromatic heterocycles. The van der Waals surface area contributed by atoms with E-state index in [1.165, 1.54) is 10.7 Å². The number of fused-ring (bicyclic) bond motifs is 1. The van der Waals surface area contributed by atoms with Crippen molar-refractivity contribution in [1.29, 1.82) is 0 Å². The first-order chi connectivity index (χ1) is 17.6. The molecule has 1 N–H and O–H groups in total. The molecule has 4 rings (SSSR count). The minimum Gasteiger partial charge on any atom is -0.495 e. The fourth-order valence-corrected chi connectivity index (χ4v) is 4.21. The highest BCUT2D eigenvalue weighted by atomic mass is 19.1. The number of likely N-dealkylation sites (tertiary alicyclic amines) is 1. The maximum atomic E-state index is 15.0. The molecule has 1 amide bonds. The normalized spacial score (nSPS) is 16.1. The number of amides is 1. The van der Waals surface area contributed by atoms with Crippen LogP contribution in [0.2, 0.25) is 0 Å². The molecule has 1 fully saturated rings. The molecule has 198 valence electrons. The predicted octanol–water partition coefficient (Wildman–Crippen LogP) is 5.01. The summed E-state index contributed by atoms with van der Waals surface area (Å²) >= 11 is 0. The van der Waals surface area contributed by atoms with E-state index in [1.807, 2.05) is 0 Å². The van der Waals surface area contributed by atoms with E-state index in [4.69, 9.17) is 9.47 Å². The number of nitrogens with zero attached hydrogens (tertiary/aromatic N) is 5. The first kappa shape index (κ1) is 26.3. The summed E-state index contributed by atoms with van der Waals surface area (Å²) in [6, 6.07) is 2.22. The van der Waals surface area contributed by atoms with Crippen molar-refractivity contribution in [1.82, 2.24) is 24.5 Å². The van der Waals surface area contributed by atoms with Gasteiger partial charge in [0.25, 0.3) is 0 Å². The number of rotatable bonds is 7. The van der Waals surface area contributed by atoms with E-state index in [0.717, 1.165) is 6.07 Å². The highest BCUT2D eigenvalue weighted by Crippen LogP contribution is 2.28. The fraction of sp³-hybridized carbons (Fsp3) is 0.462. The van der Waals surface area contributed by atoms with Gasteiger partial charge >= 0.3 is 6.09 Å². The Labute approximate surface area is 214 Å². The molecule has 0 radical (unpaired) electrons. The fourth-order valence-electron chi connectivity index (χ4n) is 4.21. The number of nitrogens with one attached hydrogen (secondary N) is 1. The van der Waals surface area contributed by atoms with Crippen molar-refractivity contribution in [3.05, 3.63) is 48.3 Å². The lowest BCUT2D eigenvalue weighted by Crippen LogP contribution is -2.47. The number of pyridine rings is 1. The average Bonchev–Trinajstić information content (AvgIpc) is 3.25. The molecule has 3 aromatic rings. The molecule has 1 saturated heterocycles. The minimum absolute atomic E-state index is 0.0939. The lowest BCUT2D eigenvalue weighted by Gasteiger charge is -2.34. The summed E-state index contributed by atoms with van der Waals surface area (Å²) in [5.74, 6) is -1.21. The van der Waals surface area contributed by atoms with Gasteiger partial charge in [-0.3, -0.25) is 0 Å². The third-order valence-electron chi connectivity index (χ3n) is 5.92. The van der Waals surface area contributed by atoms with E-state index in [1.54, 1.807) is 44.9 Å². The number of hydrogen-bond acceptors (Lipinski definition) is 7. The minimum atomic E-state index is -0.839. The van der Waals surface area contributed by atoms with E-state index in [9.17, 15) is 13.6 Å². The van der Waals surface area contributed by atoms with Crippen LogP contribution < -0.4 is 10.1 Å². The Morgan fingerprint density at radius 2 is 2.08 bits per heavy atom. The molecule has 9 nitrogen and oxygen atoms in total. The Kier molecular flexibility index (Phi) is 7.60. The average molecular weight is 515 g/mol. The molecule has 4 heterocycles. The van der Waals surface area contributed by atoms with Gasteiger partial charge in [0.1, 0.15) is 28.4 Å². The number of aromatic nitrogens is 4. The van der Waals surface area contributed by atoms with Gasteiger partial charge in [0.2, 0.25) is 0 Å². The molecule has 0 saturated carbocycles. The van der Waals surface area contributed by atoms with Crippen molar-refractivity contribution in [2.24, 2.45) is 0 Å². The van der Waals surface area contributed by atoms with Crippen LogP contribution in [0.4, 0.5) is 19.4 Å². The molecular formula is C26H32F2N6O3. The number of piperidine rings is 1. The van der Waals surface area contributed by atoms with Gasteiger partial charge in [-0.05, 0) is 46.5 Å². The number of aryl methyl sites for hydroxylation is 1. The van der Waals surface area contributed by atoms with Gasteiger partial charge in [-0.1, -0.05) is 6.08 Å². The van der Waals surface area contributed by atoms with Crippen LogP contribution in [0.25, 0.3) is 17.0 Å². The Hall–Kier alpha value is -3.76. The maximum absolute atomic E-state index is 15.0. The molecule has 1 unspecified atom stereocenters. The highest BCUT2D eigenvalue weighted by Gasteiger charge is 2.29. The Bertz CT molecular complexity index is 1300. The van der Waals surface area contributed by atoms with Gasteiger partial charge in [0.05, 0.1) is 13.3 Å². The Morgan fingerprint density at radius 3 is 2.78 bits per heavy atom. The zero-order valence-electron chi connectivity index (χ0n) is 21.6. The van der Waals surface area contributed by atoms with Gasteiger partial charge in [-0.25, -0.2) is 28.1 Å². The van der Waals surface area contributed by atoms with Crippen molar-refractivity contribution >= 4 is 17.6 Å². The monoisotopic (exact) mass is 514 g/mol. The van der Waals surface area contributed by atoms with E-state index >= 15 is 0 Å². The van der Waals surface area contributed by atoms with Crippen LogP contribution in [-0.4, -0.2) is 62.4 Å². The Balaban J connectivity index is 1.62. The number of halogens is 2. The molecule has 11 heteroatoms. The van der Waals surface area contributed by atoms with E-state index in [-0.39, 0.29) is 23.2 Å². The van der Waals surface area contributed by atoms with Crippen molar-refractivity contribution in [2.45, 2.75) is 58.1 Å². The van der Waals surface area contributed by atoms with Gasteiger partial charge in [-0.15, -0.1) is 6.58 Å². The maximum Gasteiger partial charge on any atom is 0.410 e. The molecule has 1 atom stereocenters. The SMILES string of the molecule is C=CCCc1nn2c(-c3nc(NC4CCCN(C(=O)OC(C)(C)C)C4)c(F)cc3F)cnc2cc1OC. The van der Waals surface area contributed by atoms with Gasteiger partial charge in [-0.2, -0.15) is 5.10 Å². The molecule has 37 heavy (non-hydrogen) atoms. The second-order valence-electron chi connectivity index (χ2n) is 9.96. The summed E-state index contributed by atoms with van der Waals surface area (Å²) in [4.78, 5) is 22.7. The van der Waals surface area contributed by atoms with Crippen LogP contribution in [0.1, 0.15) is 45.7 Å². The number of methoxy groups -OCH3 is 1. The van der Waals surface area contributed by atoms with Crippen LogP contribution in [0, 0.1) is 11.6 Å². The summed E-state index contributed by atoms with van der Waals surface area (Å²) in [5, 5.41) is 7.64. The molecule has 0 bridgehead atoms. The molecule has 0 aromatic carbocycles. The van der Waals surface area contributed by atoms with Crippen molar-refractivity contribution in [3.63, 3.8) is 0 Å². The largest absolute Gasteiger partial charge is 0.495 e. The number of anilines is 1. The quantitative estimate of drug-likeness (QED) is 0.443. The van der Waals surface area contributed by atoms with Crippen molar-refractivity contribution < 1.29 is 23.0 Å². The topological polar surface area (TPSA) is 93.9 Å². The second kappa shape index (κ2) is 10.7. The number of hydrogen-bond donors (Lipinski definition) is 1. The predicted molar refractivity (Wildman–Crippen MR) is 136 cm³/mol. The first-order valence-corrected chi connectivity index (χ1v) is 12.2. The summed E-state index contributed by atoms with van der Waals surface area (Å²) in [5.41, 5.74) is 0.656. The smallest absolute Gasteiger partial charge is 0.410 e. The van der Waals surface area contributed by atoms with Crippen LogP contribution in [-0.2, 0) is 11.2 Å². The number of allylic oxidation sites excluding steroid dienone is 1. The van der Waals surface area contributed by atoms with Crippen LogP contribution in [0.15, 0.2) is 31.0 Å². The van der Waals surface area contributed by atoms with Crippen LogP contribution in [0.3, 0.4) is 0 Å². The molecule has 0 spiro atoms. The summed E-state index contributed by atoms with van der Waals surface area (Å²) in [6.07, 6.45) is 5.44. The van der Waals surface area contributed by atoms with E-state index < -0.39 is 23.3 Å². The van der Waals surface area contributed by atoms with Gasteiger partial charge < -0.3 is 19.7 Å². The number of carbonyl (C=O) groups excluding carboxylic acids is 1. The van der Waals surface area contributed by atoms with E-state index in [0.29, 0.717) is 55.9 Å². The Morgan fingerprint density at radius 1 is 1.30 bits per heavy atom. The number of carbonyl (C=O) groups is 1. The molecule has 1 aliphatic rings. The van der Waals surface area contributed by atoms with Gasteiger partial charge in [0, 0.05) is 31.3 Å². The highest BCUT2D eigenvalue weighted by molar-refractivity contribution is 5.68. The van der Waals surface area contributed by atoms with Gasteiger partial charge in [0.15, 0.2) is 23.1 Å². The lowest BCUT2D eigenvalue weighted by atomic mass is 10.1. The molecule has 0 aliphatic carbocycles. The summed E-state index contributed by atoms with van der Waals surface area (Å²) in [7, 11) is 1.54. The van der Waals surface area contributed by atoms with Crippen LogP contribution >= 0.6 is 0 Å². The van der Waals surface area contributed by atoms with E-state index in [2.05, 4.69) is 27.0 Å². The first-order valence-electron chi connectivity index (χ1n) is 12.2. The third-order valence-corrected chi connectivity index (χ3v) is 5.92. The third kappa shape index (κ3) is 5.98. The molecule has 1 aliphatic heterocycles. The zero-order chi connectivity index (χ0) is 26.7.